The summed E-state index contributed by atoms with van der Waals surface area (Å²) in [5.74, 6) is -0.308. The summed E-state index contributed by atoms with van der Waals surface area (Å²) in [7, 11) is 0. The molecule has 0 saturated heterocycles. The van der Waals surface area contributed by atoms with Crippen molar-refractivity contribution in [3.05, 3.63) is 40.4 Å². The molecule has 3 N–H and O–H groups in total. The summed E-state index contributed by atoms with van der Waals surface area (Å²) in [4.78, 5) is 11.3. The third kappa shape index (κ3) is 5.63. The summed E-state index contributed by atoms with van der Waals surface area (Å²) in [5.41, 5.74) is 0.900. The highest BCUT2D eigenvalue weighted by Gasteiger charge is 2.02. The molecule has 0 aliphatic rings. The van der Waals surface area contributed by atoms with Crippen LogP contribution in [0.4, 0.5) is 0 Å². The van der Waals surface area contributed by atoms with Crippen molar-refractivity contribution in [1.82, 2.24) is 5.32 Å². The molecule has 1 rings (SSSR count). The minimum Gasteiger partial charge on any atom is -0.394 e. The van der Waals surface area contributed by atoms with Crippen molar-refractivity contribution >= 4 is 27.9 Å². The predicted octanol–water partition coefficient (Wildman–Crippen LogP) is 0.932. The lowest BCUT2D eigenvalue weighted by atomic mass is 10.2. The molecule has 1 amide bonds. The second kappa shape index (κ2) is 7.21. The average Bonchev–Trinajstić information content (AvgIpc) is 2.33. The highest BCUT2D eigenvalue weighted by atomic mass is 79.9. The topological polar surface area (TPSA) is 69.6 Å². The SMILES string of the molecule is O=C(/C=C/c1cccc(Br)c1)NC[C@@H](O)CO. The lowest BCUT2D eigenvalue weighted by molar-refractivity contribution is -0.117. The monoisotopic (exact) mass is 299 g/mol. The molecule has 0 bridgehead atoms. The summed E-state index contributed by atoms with van der Waals surface area (Å²) in [6.45, 7) is -0.326. The minimum absolute atomic E-state index is 0.0398. The fourth-order valence-electron chi connectivity index (χ4n) is 1.12. The number of halogens is 1. The molecule has 0 saturated carbocycles. The van der Waals surface area contributed by atoms with E-state index in [1.54, 1.807) is 6.08 Å². The number of hydrogen-bond donors (Lipinski definition) is 3. The number of amides is 1. The van der Waals surface area contributed by atoms with Gasteiger partial charge in [-0.3, -0.25) is 4.79 Å². The van der Waals surface area contributed by atoms with Gasteiger partial charge in [-0.05, 0) is 23.8 Å². The van der Waals surface area contributed by atoms with Crippen molar-refractivity contribution in [2.75, 3.05) is 13.2 Å². The molecule has 1 aromatic carbocycles. The molecule has 0 unspecified atom stereocenters. The van der Waals surface area contributed by atoms with Crippen LogP contribution in [0.5, 0.6) is 0 Å². The van der Waals surface area contributed by atoms with E-state index in [1.807, 2.05) is 24.3 Å². The van der Waals surface area contributed by atoms with Gasteiger partial charge in [-0.2, -0.15) is 0 Å². The van der Waals surface area contributed by atoms with Gasteiger partial charge in [0.2, 0.25) is 5.91 Å². The minimum atomic E-state index is -0.918. The Morgan fingerprint density at radius 1 is 1.53 bits per heavy atom. The van der Waals surface area contributed by atoms with Crippen LogP contribution >= 0.6 is 15.9 Å². The van der Waals surface area contributed by atoms with E-state index in [9.17, 15) is 4.79 Å². The van der Waals surface area contributed by atoms with Crippen LogP contribution in [0.15, 0.2) is 34.8 Å². The molecule has 0 spiro atoms. The Kier molecular flexibility index (Phi) is 5.90. The molecule has 1 atom stereocenters. The first kappa shape index (κ1) is 13.9. The van der Waals surface area contributed by atoms with E-state index in [0.29, 0.717) is 0 Å². The highest BCUT2D eigenvalue weighted by Crippen LogP contribution is 2.12. The number of carbonyl (C=O) groups is 1. The Hall–Kier alpha value is -1.17. The zero-order valence-corrected chi connectivity index (χ0v) is 10.7. The van der Waals surface area contributed by atoms with Gasteiger partial charge in [-0.1, -0.05) is 28.1 Å². The molecular formula is C12H14BrNO3. The maximum atomic E-state index is 11.3. The van der Waals surface area contributed by atoms with Crippen LogP contribution in [-0.4, -0.2) is 35.4 Å². The van der Waals surface area contributed by atoms with E-state index in [0.717, 1.165) is 10.0 Å². The van der Waals surface area contributed by atoms with Crippen molar-refractivity contribution in [1.29, 1.82) is 0 Å². The second-order valence-corrected chi connectivity index (χ2v) is 4.39. The van der Waals surface area contributed by atoms with Crippen LogP contribution < -0.4 is 5.32 Å². The van der Waals surface area contributed by atoms with Gasteiger partial charge in [0.1, 0.15) is 0 Å². The number of rotatable bonds is 5. The Bertz CT molecular complexity index is 406. The van der Waals surface area contributed by atoms with Crippen LogP contribution in [0.25, 0.3) is 6.08 Å². The lowest BCUT2D eigenvalue weighted by Gasteiger charge is -2.06. The molecule has 0 aliphatic heterocycles. The Morgan fingerprint density at radius 2 is 2.29 bits per heavy atom. The van der Waals surface area contributed by atoms with Gasteiger partial charge in [0, 0.05) is 17.1 Å². The third-order valence-corrected chi connectivity index (χ3v) is 2.49. The Labute approximate surface area is 108 Å². The molecule has 92 valence electrons. The van der Waals surface area contributed by atoms with E-state index >= 15 is 0 Å². The Morgan fingerprint density at radius 3 is 2.94 bits per heavy atom. The molecule has 5 heteroatoms. The number of aliphatic hydroxyl groups is 2. The number of aliphatic hydroxyl groups excluding tert-OH is 2. The zero-order valence-electron chi connectivity index (χ0n) is 9.14. The first-order chi connectivity index (χ1) is 8.11. The van der Waals surface area contributed by atoms with Gasteiger partial charge < -0.3 is 15.5 Å². The quantitative estimate of drug-likeness (QED) is 0.709. The number of nitrogens with one attached hydrogen (secondary N) is 1. The summed E-state index contributed by atoms with van der Waals surface area (Å²) in [6, 6.07) is 7.52. The molecule has 0 heterocycles. The number of benzene rings is 1. The van der Waals surface area contributed by atoms with Gasteiger partial charge in [0.05, 0.1) is 12.7 Å². The average molecular weight is 300 g/mol. The van der Waals surface area contributed by atoms with Gasteiger partial charge in [0.15, 0.2) is 0 Å². The van der Waals surface area contributed by atoms with E-state index < -0.39 is 6.10 Å². The van der Waals surface area contributed by atoms with Crippen LogP contribution in [0, 0.1) is 0 Å². The zero-order chi connectivity index (χ0) is 12.7. The van der Waals surface area contributed by atoms with E-state index in [-0.39, 0.29) is 19.1 Å². The van der Waals surface area contributed by atoms with E-state index in [1.165, 1.54) is 6.08 Å². The third-order valence-electron chi connectivity index (χ3n) is 2.00. The summed E-state index contributed by atoms with van der Waals surface area (Å²) in [5, 5.41) is 20.1. The largest absolute Gasteiger partial charge is 0.394 e. The van der Waals surface area contributed by atoms with E-state index in [2.05, 4.69) is 21.2 Å². The van der Waals surface area contributed by atoms with Crippen molar-refractivity contribution in [2.45, 2.75) is 6.10 Å². The van der Waals surface area contributed by atoms with Gasteiger partial charge >= 0.3 is 0 Å². The first-order valence-electron chi connectivity index (χ1n) is 5.12. The number of hydrogen-bond acceptors (Lipinski definition) is 3. The lowest BCUT2D eigenvalue weighted by Crippen LogP contribution is -2.32. The molecule has 0 radical (unpaired) electrons. The van der Waals surface area contributed by atoms with Crippen molar-refractivity contribution in [3.63, 3.8) is 0 Å². The molecule has 4 nitrogen and oxygen atoms in total. The first-order valence-corrected chi connectivity index (χ1v) is 5.91. The highest BCUT2D eigenvalue weighted by molar-refractivity contribution is 9.10. The second-order valence-electron chi connectivity index (χ2n) is 3.47. The smallest absolute Gasteiger partial charge is 0.244 e. The van der Waals surface area contributed by atoms with Crippen molar-refractivity contribution in [2.24, 2.45) is 0 Å². The van der Waals surface area contributed by atoms with Crippen LogP contribution in [0.2, 0.25) is 0 Å². The standard InChI is InChI=1S/C12H14BrNO3/c13-10-3-1-2-9(6-10)4-5-12(17)14-7-11(16)8-15/h1-6,11,15-16H,7-8H2,(H,14,17)/b5-4+/t11-/m1/s1. The summed E-state index contributed by atoms with van der Waals surface area (Å²) >= 11 is 3.33. The van der Waals surface area contributed by atoms with Gasteiger partial charge in [0.25, 0.3) is 0 Å². The van der Waals surface area contributed by atoms with Crippen LogP contribution in [0.1, 0.15) is 5.56 Å². The molecule has 0 aliphatic carbocycles. The van der Waals surface area contributed by atoms with E-state index in [4.69, 9.17) is 10.2 Å². The molecular weight excluding hydrogens is 286 g/mol. The van der Waals surface area contributed by atoms with Crippen molar-refractivity contribution in [3.8, 4) is 0 Å². The van der Waals surface area contributed by atoms with Crippen LogP contribution in [-0.2, 0) is 4.79 Å². The molecule has 0 fully saturated rings. The predicted molar refractivity (Wildman–Crippen MR) is 69.3 cm³/mol. The maximum absolute atomic E-state index is 11.3. The maximum Gasteiger partial charge on any atom is 0.244 e. The summed E-state index contributed by atoms with van der Waals surface area (Å²) in [6.07, 6.45) is 2.13. The number of carbonyl (C=O) groups excluding carboxylic acids is 1. The van der Waals surface area contributed by atoms with Crippen molar-refractivity contribution < 1.29 is 15.0 Å². The molecule has 17 heavy (non-hydrogen) atoms. The fraction of sp³-hybridized carbons (Fsp3) is 0.250. The molecule has 1 aromatic rings. The van der Waals surface area contributed by atoms with Gasteiger partial charge in [-0.15, -0.1) is 0 Å². The summed E-state index contributed by atoms with van der Waals surface area (Å²) < 4.78 is 0.941. The normalized spacial score (nSPS) is 12.6. The fourth-order valence-corrected chi connectivity index (χ4v) is 1.54. The van der Waals surface area contributed by atoms with Crippen LogP contribution in [0.3, 0.4) is 0 Å². The molecule has 0 aromatic heterocycles. The van der Waals surface area contributed by atoms with Gasteiger partial charge in [-0.25, -0.2) is 0 Å². The Balaban J connectivity index is 2.45.